The molecule has 2 aromatic carbocycles. The van der Waals surface area contributed by atoms with Gasteiger partial charge >= 0.3 is 6.18 Å². The van der Waals surface area contributed by atoms with Crippen LogP contribution in [0.3, 0.4) is 0 Å². The Balaban J connectivity index is 1.87. The van der Waals surface area contributed by atoms with Crippen LogP contribution in [0.4, 0.5) is 22.0 Å². The second kappa shape index (κ2) is 9.31. The van der Waals surface area contributed by atoms with Gasteiger partial charge in [-0.25, -0.2) is 8.78 Å². The zero-order valence-corrected chi connectivity index (χ0v) is 15.9. The Morgan fingerprint density at radius 2 is 1.74 bits per heavy atom. The van der Waals surface area contributed by atoms with Crippen molar-refractivity contribution in [1.82, 2.24) is 0 Å². The zero-order valence-electron chi connectivity index (χ0n) is 15.9. The minimum atomic E-state index is -4.49. The van der Waals surface area contributed by atoms with Gasteiger partial charge in [0.2, 0.25) is 6.29 Å². The molecule has 3 rings (SSSR count). The van der Waals surface area contributed by atoms with E-state index in [1.165, 1.54) is 24.3 Å². The monoisotopic (exact) mass is 446 g/mol. The topological polar surface area (TPSA) is 79.2 Å². The average molecular weight is 446 g/mol. The number of benzene rings is 2. The molecule has 1 heterocycles. The van der Waals surface area contributed by atoms with Gasteiger partial charge in [0.15, 0.2) is 11.6 Å². The van der Waals surface area contributed by atoms with E-state index in [2.05, 4.69) is 0 Å². The molecule has 0 radical (unpaired) electrons. The normalized spacial score (nSPS) is 24.5. The Morgan fingerprint density at radius 3 is 2.35 bits per heavy atom. The number of rotatable bonds is 5. The van der Waals surface area contributed by atoms with Crippen LogP contribution in [-0.4, -0.2) is 46.5 Å². The van der Waals surface area contributed by atoms with Gasteiger partial charge in [-0.05, 0) is 23.8 Å². The summed E-state index contributed by atoms with van der Waals surface area (Å²) < 4.78 is 76.8. The summed E-state index contributed by atoms with van der Waals surface area (Å²) in [5, 5.41) is 29.2. The summed E-state index contributed by atoms with van der Waals surface area (Å²) in [6, 6.07) is 5.57. The maximum atomic E-state index is 14.4. The van der Waals surface area contributed by atoms with Crippen LogP contribution in [0.25, 0.3) is 12.2 Å². The first-order valence-corrected chi connectivity index (χ1v) is 9.22. The number of aliphatic hydroxyl groups excluding tert-OH is 3. The number of hydrogen-bond donors (Lipinski definition) is 3. The van der Waals surface area contributed by atoms with Crippen molar-refractivity contribution in [3.63, 3.8) is 0 Å². The van der Waals surface area contributed by atoms with Gasteiger partial charge in [0.25, 0.3) is 0 Å². The molecule has 31 heavy (non-hydrogen) atoms. The number of aliphatic hydroxyl groups is 3. The van der Waals surface area contributed by atoms with Crippen LogP contribution in [0.5, 0.6) is 5.75 Å². The third-order valence-electron chi connectivity index (χ3n) is 4.67. The van der Waals surface area contributed by atoms with E-state index >= 15 is 0 Å². The molecule has 0 aliphatic carbocycles. The average Bonchev–Trinajstić information content (AvgIpc) is 2.71. The van der Waals surface area contributed by atoms with E-state index in [1.54, 1.807) is 0 Å². The molecule has 0 saturated carbocycles. The Kier molecular flexibility index (Phi) is 6.95. The van der Waals surface area contributed by atoms with E-state index in [0.29, 0.717) is 11.6 Å². The molecule has 1 fully saturated rings. The minimum Gasteiger partial charge on any atom is -0.458 e. The molecule has 1 saturated heterocycles. The second-order valence-electron chi connectivity index (χ2n) is 6.98. The van der Waals surface area contributed by atoms with Crippen LogP contribution < -0.4 is 4.74 Å². The summed E-state index contributed by atoms with van der Waals surface area (Å²) in [6.45, 7) is -0.476. The molecule has 4 atom stereocenters. The van der Waals surface area contributed by atoms with Crippen molar-refractivity contribution in [1.29, 1.82) is 0 Å². The van der Waals surface area contributed by atoms with Crippen LogP contribution in [0.1, 0.15) is 23.1 Å². The molecule has 10 heteroatoms. The van der Waals surface area contributed by atoms with Gasteiger partial charge in [-0.3, -0.25) is 0 Å². The van der Waals surface area contributed by atoms with Crippen molar-refractivity contribution in [3.05, 3.63) is 64.7 Å². The van der Waals surface area contributed by atoms with E-state index in [1.807, 2.05) is 0 Å². The van der Waals surface area contributed by atoms with Crippen LogP contribution in [0.15, 0.2) is 36.4 Å². The molecule has 1 aliphatic rings. The molecule has 0 aromatic heterocycles. The smallest absolute Gasteiger partial charge is 0.416 e. The highest BCUT2D eigenvalue weighted by Crippen LogP contribution is 2.32. The highest BCUT2D eigenvalue weighted by molar-refractivity contribution is 5.72. The standard InChI is InChI=1S/C21H19F5O5/c22-14-7-12(4-1-11-2-5-13(6-3-11)21(24,25)26)19(16(23)8-14)31-20-18(29)17(28)9-15(10-27)30-20/h1-8,15,17-18,20,27-29H,9-10H2/b4-1+/t15-,17-,18?,20-/m0/s1. The van der Waals surface area contributed by atoms with E-state index in [4.69, 9.17) is 9.47 Å². The molecule has 0 bridgehead atoms. The van der Waals surface area contributed by atoms with E-state index in [9.17, 15) is 37.3 Å². The summed E-state index contributed by atoms with van der Waals surface area (Å²) in [5.41, 5.74) is -0.631. The molecule has 168 valence electrons. The first-order valence-electron chi connectivity index (χ1n) is 9.22. The zero-order chi connectivity index (χ0) is 22.8. The number of halogens is 5. The van der Waals surface area contributed by atoms with Gasteiger partial charge in [0.1, 0.15) is 11.9 Å². The molecule has 0 amide bonds. The van der Waals surface area contributed by atoms with E-state index in [0.717, 1.165) is 18.2 Å². The largest absolute Gasteiger partial charge is 0.458 e. The van der Waals surface area contributed by atoms with Crippen molar-refractivity contribution >= 4 is 12.2 Å². The lowest BCUT2D eigenvalue weighted by molar-refractivity contribution is -0.241. The number of alkyl halides is 3. The summed E-state index contributed by atoms with van der Waals surface area (Å²) in [6.07, 6.45) is -7.28. The number of hydrogen-bond acceptors (Lipinski definition) is 5. The Hall–Kier alpha value is -2.53. The molecule has 3 N–H and O–H groups in total. The van der Waals surface area contributed by atoms with Crippen molar-refractivity contribution in [2.75, 3.05) is 6.61 Å². The quantitative estimate of drug-likeness (QED) is 0.485. The predicted molar refractivity (Wildman–Crippen MR) is 99.7 cm³/mol. The first kappa shape index (κ1) is 23.1. The molecular weight excluding hydrogens is 427 g/mol. The highest BCUT2D eigenvalue weighted by Gasteiger charge is 2.38. The SMILES string of the molecule is OC[C@@H]1C[C@H](O)C(O)[C@H](Oc2c(F)cc(F)cc2/C=C/c2ccc(C(F)(F)F)cc2)O1. The van der Waals surface area contributed by atoms with Crippen molar-refractivity contribution in [2.45, 2.75) is 37.2 Å². The van der Waals surface area contributed by atoms with E-state index < -0.39 is 60.3 Å². The van der Waals surface area contributed by atoms with Crippen molar-refractivity contribution in [3.8, 4) is 5.75 Å². The summed E-state index contributed by atoms with van der Waals surface area (Å²) in [7, 11) is 0. The van der Waals surface area contributed by atoms with Crippen molar-refractivity contribution < 1.29 is 46.7 Å². The van der Waals surface area contributed by atoms with Crippen LogP contribution >= 0.6 is 0 Å². The first-order chi connectivity index (χ1) is 14.6. The summed E-state index contributed by atoms with van der Waals surface area (Å²) >= 11 is 0. The van der Waals surface area contributed by atoms with Crippen molar-refractivity contribution in [2.24, 2.45) is 0 Å². The second-order valence-corrected chi connectivity index (χ2v) is 6.98. The van der Waals surface area contributed by atoms with Crippen LogP contribution in [0.2, 0.25) is 0 Å². The van der Waals surface area contributed by atoms with Gasteiger partial charge in [0, 0.05) is 18.1 Å². The molecule has 1 unspecified atom stereocenters. The highest BCUT2D eigenvalue weighted by atomic mass is 19.4. The molecule has 1 aliphatic heterocycles. The van der Waals surface area contributed by atoms with Crippen LogP contribution in [0, 0.1) is 11.6 Å². The molecular formula is C21H19F5O5. The van der Waals surface area contributed by atoms with Gasteiger partial charge in [-0.1, -0.05) is 24.3 Å². The fourth-order valence-corrected chi connectivity index (χ4v) is 3.04. The maximum Gasteiger partial charge on any atom is 0.416 e. The fraction of sp³-hybridized carbons (Fsp3) is 0.333. The van der Waals surface area contributed by atoms with Gasteiger partial charge in [-0.15, -0.1) is 0 Å². The van der Waals surface area contributed by atoms with E-state index in [-0.39, 0.29) is 12.0 Å². The fourth-order valence-electron chi connectivity index (χ4n) is 3.04. The maximum absolute atomic E-state index is 14.4. The Labute approximate surface area is 174 Å². The third-order valence-corrected chi connectivity index (χ3v) is 4.67. The lowest BCUT2D eigenvalue weighted by Crippen LogP contribution is -2.51. The predicted octanol–water partition coefficient (Wildman–Crippen LogP) is 3.36. The minimum absolute atomic E-state index is 0.0654. The van der Waals surface area contributed by atoms with Gasteiger partial charge in [-0.2, -0.15) is 13.2 Å². The number of ether oxygens (including phenoxy) is 2. The summed E-state index contributed by atoms with van der Waals surface area (Å²) in [5.74, 6) is -2.56. The summed E-state index contributed by atoms with van der Waals surface area (Å²) in [4.78, 5) is 0. The Bertz CT molecular complexity index is 929. The third kappa shape index (κ3) is 5.59. The van der Waals surface area contributed by atoms with Crippen LogP contribution in [-0.2, 0) is 10.9 Å². The van der Waals surface area contributed by atoms with Gasteiger partial charge in [0.05, 0.1) is 24.4 Å². The lowest BCUT2D eigenvalue weighted by Gasteiger charge is -2.36. The lowest BCUT2D eigenvalue weighted by atomic mass is 10.0. The Morgan fingerprint density at radius 1 is 1.06 bits per heavy atom. The molecule has 5 nitrogen and oxygen atoms in total. The molecule has 0 spiro atoms. The molecule has 2 aromatic rings. The van der Waals surface area contributed by atoms with Gasteiger partial charge < -0.3 is 24.8 Å².